The number of halogens is 3. The summed E-state index contributed by atoms with van der Waals surface area (Å²) in [5, 5.41) is 2.96. The smallest absolute Gasteiger partial charge is 0.416 e. The minimum Gasteiger partial charge on any atom is -0.444 e. The molecule has 1 N–H and O–H groups in total. The van der Waals surface area contributed by atoms with Crippen LogP contribution in [0.3, 0.4) is 0 Å². The maximum Gasteiger partial charge on any atom is 0.416 e. The van der Waals surface area contributed by atoms with E-state index in [9.17, 15) is 13.2 Å². The van der Waals surface area contributed by atoms with Gasteiger partial charge in [-0.15, -0.1) is 0 Å². The summed E-state index contributed by atoms with van der Waals surface area (Å²) in [4.78, 5) is 4.17. The maximum absolute atomic E-state index is 12.4. The van der Waals surface area contributed by atoms with Crippen LogP contribution in [-0.4, -0.2) is 4.98 Å². The average Bonchev–Trinajstić information content (AvgIpc) is 2.66. The molecule has 102 valence electrons. The van der Waals surface area contributed by atoms with E-state index in [-0.39, 0.29) is 0 Å². The van der Waals surface area contributed by atoms with Gasteiger partial charge in [0.1, 0.15) is 5.76 Å². The monoisotopic (exact) mass is 270 g/mol. The van der Waals surface area contributed by atoms with Crippen molar-refractivity contribution in [2.24, 2.45) is 0 Å². The second kappa shape index (κ2) is 4.95. The number of aromatic nitrogens is 1. The van der Waals surface area contributed by atoms with Gasteiger partial charge in [-0.3, -0.25) is 0 Å². The molecule has 0 aliphatic rings. The van der Waals surface area contributed by atoms with Crippen LogP contribution in [0, 0.1) is 13.8 Å². The third kappa shape index (κ3) is 3.27. The summed E-state index contributed by atoms with van der Waals surface area (Å²) in [7, 11) is 0. The number of oxazole rings is 1. The Bertz CT molecular complexity index is 539. The van der Waals surface area contributed by atoms with E-state index in [1.54, 1.807) is 0 Å². The highest BCUT2D eigenvalue weighted by molar-refractivity contribution is 5.45. The number of aryl methyl sites for hydroxylation is 2. The van der Waals surface area contributed by atoms with Crippen LogP contribution in [0.1, 0.15) is 22.9 Å². The first kappa shape index (κ1) is 13.5. The Hall–Kier alpha value is -1.98. The molecule has 0 amide bonds. The molecule has 3 nitrogen and oxygen atoms in total. The Morgan fingerprint density at radius 2 is 1.79 bits per heavy atom. The summed E-state index contributed by atoms with van der Waals surface area (Å²) in [6.07, 6.45) is -4.31. The summed E-state index contributed by atoms with van der Waals surface area (Å²) < 4.78 is 42.5. The van der Waals surface area contributed by atoms with Crippen molar-refractivity contribution in [3.8, 4) is 0 Å². The minimum atomic E-state index is -4.31. The third-order valence-corrected chi connectivity index (χ3v) is 2.73. The molecule has 1 aromatic carbocycles. The lowest BCUT2D eigenvalue weighted by Gasteiger charge is -2.08. The van der Waals surface area contributed by atoms with E-state index in [2.05, 4.69) is 10.3 Å². The van der Waals surface area contributed by atoms with Gasteiger partial charge in [0.15, 0.2) is 0 Å². The fraction of sp³-hybridized carbons (Fsp3) is 0.308. The predicted molar refractivity (Wildman–Crippen MR) is 64.7 cm³/mol. The fourth-order valence-electron chi connectivity index (χ4n) is 1.57. The molecule has 1 aromatic heterocycles. The Morgan fingerprint density at radius 3 is 2.26 bits per heavy atom. The lowest BCUT2D eigenvalue weighted by atomic mass is 10.2. The van der Waals surface area contributed by atoms with E-state index in [1.807, 2.05) is 13.8 Å². The number of nitrogens with zero attached hydrogens (tertiary/aromatic N) is 1. The van der Waals surface area contributed by atoms with Crippen LogP contribution in [0.25, 0.3) is 0 Å². The number of alkyl halides is 3. The minimum absolute atomic E-state index is 0.333. The van der Waals surface area contributed by atoms with Gasteiger partial charge in [0.2, 0.25) is 5.89 Å². The number of rotatable bonds is 3. The van der Waals surface area contributed by atoms with Crippen molar-refractivity contribution < 1.29 is 17.6 Å². The second-order valence-corrected chi connectivity index (χ2v) is 4.18. The SMILES string of the molecule is Cc1nc(CNc2ccc(C(F)(F)F)cc2)oc1C. The second-order valence-electron chi connectivity index (χ2n) is 4.18. The van der Waals surface area contributed by atoms with Crippen molar-refractivity contribution in [1.82, 2.24) is 4.98 Å². The van der Waals surface area contributed by atoms with Gasteiger partial charge < -0.3 is 9.73 Å². The molecular weight excluding hydrogens is 257 g/mol. The zero-order valence-corrected chi connectivity index (χ0v) is 10.5. The number of hydrogen-bond acceptors (Lipinski definition) is 3. The standard InChI is InChI=1S/C13H13F3N2O/c1-8-9(2)19-12(18-8)7-17-11-5-3-10(4-6-11)13(14,15)16/h3-6,17H,7H2,1-2H3. The zero-order chi connectivity index (χ0) is 14.0. The summed E-state index contributed by atoms with van der Waals surface area (Å²) in [5.74, 6) is 1.25. The zero-order valence-electron chi connectivity index (χ0n) is 10.5. The molecular formula is C13H13F3N2O. The van der Waals surface area contributed by atoms with E-state index in [0.29, 0.717) is 18.1 Å². The third-order valence-electron chi connectivity index (χ3n) is 2.73. The molecule has 0 saturated carbocycles. The van der Waals surface area contributed by atoms with Crippen LogP contribution in [0.4, 0.5) is 18.9 Å². The molecule has 1 heterocycles. The Kier molecular flexibility index (Phi) is 3.50. The van der Waals surface area contributed by atoms with Crippen LogP contribution >= 0.6 is 0 Å². The van der Waals surface area contributed by atoms with Crippen molar-refractivity contribution in [2.75, 3.05) is 5.32 Å². The quantitative estimate of drug-likeness (QED) is 0.918. The van der Waals surface area contributed by atoms with Gasteiger partial charge in [-0.05, 0) is 38.1 Å². The van der Waals surface area contributed by atoms with Crippen LogP contribution in [0.5, 0.6) is 0 Å². The molecule has 0 atom stereocenters. The van der Waals surface area contributed by atoms with E-state index in [1.165, 1.54) is 12.1 Å². The highest BCUT2D eigenvalue weighted by Gasteiger charge is 2.29. The molecule has 0 radical (unpaired) electrons. The molecule has 0 fully saturated rings. The highest BCUT2D eigenvalue weighted by atomic mass is 19.4. The lowest BCUT2D eigenvalue weighted by Crippen LogP contribution is -2.05. The predicted octanol–water partition coefficient (Wildman–Crippen LogP) is 3.92. The van der Waals surface area contributed by atoms with Gasteiger partial charge >= 0.3 is 6.18 Å². The van der Waals surface area contributed by atoms with Crippen molar-refractivity contribution in [1.29, 1.82) is 0 Å². The van der Waals surface area contributed by atoms with E-state index in [4.69, 9.17) is 4.42 Å². The number of nitrogens with one attached hydrogen (secondary N) is 1. The first-order valence-corrected chi connectivity index (χ1v) is 5.70. The Labute approximate surface area is 108 Å². The Morgan fingerprint density at radius 1 is 1.16 bits per heavy atom. The molecule has 0 spiro atoms. The molecule has 0 aliphatic carbocycles. The van der Waals surface area contributed by atoms with Crippen molar-refractivity contribution in [3.63, 3.8) is 0 Å². The van der Waals surface area contributed by atoms with Crippen LogP contribution in [-0.2, 0) is 12.7 Å². The molecule has 0 saturated heterocycles. The van der Waals surface area contributed by atoms with E-state index < -0.39 is 11.7 Å². The topological polar surface area (TPSA) is 38.1 Å². The molecule has 0 bridgehead atoms. The molecule has 2 rings (SSSR count). The normalized spacial score (nSPS) is 11.6. The summed E-state index contributed by atoms with van der Waals surface area (Å²) in [6.45, 7) is 3.98. The molecule has 19 heavy (non-hydrogen) atoms. The van der Waals surface area contributed by atoms with Gasteiger partial charge in [-0.1, -0.05) is 0 Å². The molecule has 2 aromatic rings. The number of hydrogen-bond donors (Lipinski definition) is 1. The molecule has 6 heteroatoms. The average molecular weight is 270 g/mol. The first-order valence-electron chi connectivity index (χ1n) is 5.70. The summed E-state index contributed by atoms with van der Waals surface area (Å²) in [6, 6.07) is 4.83. The van der Waals surface area contributed by atoms with Crippen molar-refractivity contribution in [3.05, 3.63) is 47.2 Å². The molecule has 0 aliphatic heterocycles. The van der Waals surface area contributed by atoms with Gasteiger partial charge in [-0.2, -0.15) is 13.2 Å². The molecule has 0 unspecified atom stereocenters. The van der Waals surface area contributed by atoms with Crippen LogP contribution in [0.2, 0.25) is 0 Å². The summed E-state index contributed by atoms with van der Waals surface area (Å²) in [5.41, 5.74) is 0.728. The highest BCUT2D eigenvalue weighted by Crippen LogP contribution is 2.29. The lowest BCUT2D eigenvalue weighted by molar-refractivity contribution is -0.137. The van der Waals surface area contributed by atoms with Crippen LogP contribution in [0.15, 0.2) is 28.7 Å². The van der Waals surface area contributed by atoms with Gasteiger partial charge in [-0.25, -0.2) is 4.98 Å². The first-order chi connectivity index (χ1) is 8.86. The van der Waals surface area contributed by atoms with Crippen LogP contribution < -0.4 is 5.32 Å². The van der Waals surface area contributed by atoms with Crippen molar-refractivity contribution in [2.45, 2.75) is 26.6 Å². The van der Waals surface area contributed by atoms with Gasteiger partial charge in [0.25, 0.3) is 0 Å². The number of anilines is 1. The largest absolute Gasteiger partial charge is 0.444 e. The fourth-order valence-corrected chi connectivity index (χ4v) is 1.57. The summed E-state index contributed by atoms with van der Waals surface area (Å²) >= 11 is 0. The van der Waals surface area contributed by atoms with E-state index >= 15 is 0 Å². The Balaban J connectivity index is 2.00. The van der Waals surface area contributed by atoms with Gasteiger partial charge in [0.05, 0.1) is 17.8 Å². The van der Waals surface area contributed by atoms with Gasteiger partial charge in [0, 0.05) is 5.69 Å². The van der Waals surface area contributed by atoms with E-state index in [0.717, 1.165) is 23.6 Å². The maximum atomic E-state index is 12.4. The van der Waals surface area contributed by atoms with Crippen molar-refractivity contribution >= 4 is 5.69 Å². The number of benzene rings is 1.